The average Bonchev–Trinajstić information content (AvgIpc) is 2.78. The molecule has 0 saturated heterocycles. The van der Waals surface area contributed by atoms with Crippen molar-refractivity contribution in [2.24, 2.45) is 0 Å². The fourth-order valence-electron chi connectivity index (χ4n) is 3.47. The van der Waals surface area contributed by atoms with Crippen LogP contribution in [0.5, 0.6) is 0 Å². The summed E-state index contributed by atoms with van der Waals surface area (Å²) in [5.41, 5.74) is 4.37. The molecule has 0 radical (unpaired) electrons. The minimum absolute atomic E-state index is 0.282. The van der Waals surface area contributed by atoms with Crippen molar-refractivity contribution in [1.82, 2.24) is 25.1 Å². The number of alkyl halides is 1. The van der Waals surface area contributed by atoms with Crippen LogP contribution in [0.25, 0.3) is 16.6 Å². The van der Waals surface area contributed by atoms with Gasteiger partial charge in [0.15, 0.2) is 5.82 Å². The van der Waals surface area contributed by atoms with Crippen LogP contribution in [-0.2, 0) is 4.74 Å². The van der Waals surface area contributed by atoms with Gasteiger partial charge in [0.2, 0.25) is 0 Å². The lowest BCUT2D eigenvalue weighted by Crippen LogP contribution is -2.39. The highest BCUT2D eigenvalue weighted by Gasteiger charge is 2.24. The number of carbonyl (C=O) groups is 1. The number of halogens is 1. The summed E-state index contributed by atoms with van der Waals surface area (Å²) in [7, 11) is 0. The predicted octanol–water partition coefficient (Wildman–Crippen LogP) is 5.68. The zero-order chi connectivity index (χ0) is 23.6. The second-order valence-corrected chi connectivity index (χ2v) is 10.8. The average molecular weight is 558 g/mol. The van der Waals surface area contributed by atoms with Crippen LogP contribution in [0, 0.1) is 0 Å². The summed E-state index contributed by atoms with van der Waals surface area (Å²) in [6, 6.07) is 7.84. The van der Waals surface area contributed by atoms with E-state index in [1.165, 1.54) is 0 Å². The molecule has 0 saturated carbocycles. The van der Waals surface area contributed by atoms with Gasteiger partial charge in [0, 0.05) is 23.2 Å². The monoisotopic (exact) mass is 558 g/mol. The molecule has 4 heterocycles. The minimum Gasteiger partial charge on any atom is -0.444 e. The van der Waals surface area contributed by atoms with Crippen LogP contribution in [0.3, 0.4) is 0 Å². The predicted molar refractivity (Wildman–Crippen MR) is 138 cm³/mol. The van der Waals surface area contributed by atoms with Crippen molar-refractivity contribution in [2.45, 2.75) is 43.6 Å². The summed E-state index contributed by atoms with van der Waals surface area (Å²) in [5, 5.41) is 11.5. The maximum Gasteiger partial charge on any atom is 0.410 e. The molecule has 1 aliphatic rings. The first-order valence-corrected chi connectivity index (χ1v) is 12.1. The first-order chi connectivity index (χ1) is 15.7. The van der Waals surface area contributed by atoms with Gasteiger partial charge in [-0.1, -0.05) is 28.7 Å². The molecule has 8 nitrogen and oxygen atoms in total. The molecule has 33 heavy (non-hydrogen) atoms. The van der Waals surface area contributed by atoms with E-state index in [4.69, 9.17) is 9.72 Å². The van der Waals surface area contributed by atoms with Crippen LogP contribution in [0.15, 0.2) is 42.7 Å². The maximum atomic E-state index is 12.3. The van der Waals surface area contributed by atoms with E-state index in [0.29, 0.717) is 28.6 Å². The highest BCUT2D eigenvalue weighted by molar-refractivity contribution is 14.1. The van der Waals surface area contributed by atoms with E-state index in [9.17, 15) is 4.79 Å². The topological polar surface area (TPSA) is 93.1 Å². The lowest BCUT2D eigenvalue weighted by Gasteiger charge is -2.29. The van der Waals surface area contributed by atoms with E-state index in [1.807, 2.05) is 51.2 Å². The molecule has 1 atom stereocenters. The van der Waals surface area contributed by atoms with Crippen LogP contribution < -0.4 is 5.32 Å². The minimum atomic E-state index is -0.498. The Balaban J connectivity index is 1.51. The summed E-state index contributed by atoms with van der Waals surface area (Å²) in [4.78, 5) is 23.3. The van der Waals surface area contributed by atoms with E-state index in [0.717, 1.165) is 34.2 Å². The summed E-state index contributed by atoms with van der Waals surface area (Å²) < 4.78 is 5.81. The van der Waals surface area contributed by atoms with E-state index in [-0.39, 0.29) is 6.09 Å². The van der Waals surface area contributed by atoms with Gasteiger partial charge in [-0.3, -0.25) is 4.98 Å². The van der Waals surface area contributed by atoms with Crippen molar-refractivity contribution >= 4 is 56.9 Å². The van der Waals surface area contributed by atoms with Crippen LogP contribution in [0.4, 0.5) is 16.4 Å². The van der Waals surface area contributed by atoms with Gasteiger partial charge in [-0.2, -0.15) is 5.10 Å². The smallest absolute Gasteiger partial charge is 0.410 e. The Kier molecular flexibility index (Phi) is 6.78. The standard InChI is InChI=1S/C24H27IN6O2/c1-15(25)17-12-22(30-27-14-17)29-21-6-5-19-20(28-21)11-18(13-26-19)16-7-9-31(10-8-16)23(32)33-24(2,3)4/h5-7,11-15H,8-10H2,1-4H3,(H,28,29,30). The fourth-order valence-corrected chi connectivity index (χ4v) is 3.81. The van der Waals surface area contributed by atoms with Crippen molar-refractivity contribution in [3.05, 3.63) is 53.9 Å². The summed E-state index contributed by atoms with van der Waals surface area (Å²) in [5.74, 6) is 1.34. The highest BCUT2D eigenvalue weighted by Crippen LogP contribution is 2.27. The van der Waals surface area contributed by atoms with Gasteiger partial charge < -0.3 is 15.0 Å². The zero-order valence-electron chi connectivity index (χ0n) is 19.2. The Morgan fingerprint density at radius 1 is 1.18 bits per heavy atom. The molecule has 1 aliphatic heterocycles. The molecule has 1 N–H and O–H groups in total. The van der Waals surface area contributed by atoms with E-state index < -0.39 is 5.60 Å². The Hall–Kier alpha value is -2.82. The third-order valence-electron chi connectivity index (χ3n) is 5.16. The normalized spacial score (nSPS) is 15.2. The number of rotatable bonds is 4. The molecule has 0 fully saturated rings. The third kappa shape index (κ3) is 5.95. The van der Waals surface area contributed by atoms with Gasteiger partial charge in [0.25, 0.3) is 0 Å². The first-order valence-electron chi connectivity index (χ1n) is 10.9. The van der Waals surface area contributed by atoms with Gasteiger partial charge in [0.05, 0.1) is 17.2 Å². The molecule has 3 aromatic rings. The second-order valence-electron chi connectivity index (χ2n) is 8.98. The largest absolute Gasteiger partial charge is 0.444 e. The number of pyridine rings is 2. The summed E-state index contributed by atoms with van der Waals surface area (Å²) in [6.07, 6.45) is 6.15. The van der Waals surface area contributed by atoms with Gasteiger partial charge in [-0.15, -0.1) is 5.10 Å². The molecule has 1 unspecified atom stereocenters. The number of hydrogen-bond acceptors (Lipinski definition) is 7. The molecule has 9 heteroatoms. The molecular formula is C24H27IN6O2. The highest BCUT2D eigenvalue weighted by atomic mass is 127. The number of nitrogens with one attached hydrogen (secondary N) is 1. The number of amides is 1. The second kappa shape index (κ2) is 9.58. The SMILES string of the molecule is CC(I)c1cnnc(Nc2ccc3ncc(C4=CCN(C(=O)OC(C)(C)C)CC4)cc3n2)c1. The Morgan fingerprint density at radius 3 is 2.70 bits per heavy atom. The van der Waals surface area contributed by atoms with E-state index >= 15 is 0 Å². The van der Waals surface area contributed by atoms with Crippen molar-refractivity contribution in [3.63, 3.8) is 0 Å². The number of nitrogens with zero attached hydrogens (tertiary/aromatic N) is 5. The molecule has 172 valence electrons. The molecular weight excluding hydrogens is 531 g/mol. The zero-order valence-corrected chi connectivity index (χ0v) is 21.3. The van der Waals surface area contributed by atoms with E-state index in [2.05, 4.69) is 56.1 Å². The van der Waals surface area contributed by atoms with Crippen LogP contribution in [0.1, 0.15) is 49.2 Å². The Bertz CT molecular complexity index is 1210. The van der Waals surface area contributed by atoms with Crippen molar-refractivity contribution in [3.8, 4) is 0 Å². The Labute approximate surface area is 207 Å². The van der Waals surface area contributed by atoms with Crippen LogP contribution in [-0.4, -0.2) is 49.8 Å². The quantitative estimate of drug-likeness (QED) is 0.325. The molecule has 0 aliphatic carbocycles. The molecule has 4 rings (SSSR count). The van der Waals surface area contributed by atoms with Crippen LogP contribution >= 0.6 is 22.6 Å². The summed E-state index contributed by atoms with van der Waals surface area (Å²) >= 11 is 2.35. The lowest BCUT2D eigenvalue weighted by molar-refractivity contribution is 0.0270. The number of ether oxygens (including phenoxy) is 1. The molecule has 0 spiro atoms. The fraction of sp³-hybridized carbons (Fsp3) is 0.375. The van der Waals surface area contributed by atoms with Gasteiger partial charge >= 0.3 is 6.09 Å². The van der Waals surface area contributed by atoms with E-state index in [1.54, 1.807) is 11.1 Å². The molecule has 0 bridgehead atoms. The number of fused-ring (bicyclic) bond motifs is 1. The maximum absolute atomic E-state index is 12.3. The summed E-state index contributed by atoms with van der Waals surface area (Å²) in [6.45, 7) is 8.86. The molecule has 1 amide bonds. The Morgan fingerprint density at radius 2 is 2.00 bits per heavy atom. The van der Waals surface area contributed by atoms with Crippen molar-refractivity contribution in [2.75, 3.05) is 18.4 Å². The van der Waals surface area contributed by atoms with Gasteiger partial charge in [-0.25, -0.2) is 9.78 Å². The van der Waals surface area contributed by atoms with Crippen molar-refractivity contribution < 1.29 is 9.53 Å². The number of carbonyl (C=O) groups excluding carboxylic acids is 1. The van der Waals surface area contributed by atoms with Crippen molar-refractivity contribution in [1.29, 1.82) is 0 Å². The number of anilines is 2. The van der Waals surface area contributed by atoms with Gasteiger partial charge in [-0.05, 0) is 75.1 Å². The molecule has 3 aromatic heterocycles. The number of hydrogen-bond donors (Lipinski definition) is 1. The molecule has 0 aromatic carbocycles. The first kappa shape index (κ1) is 23.3. The lowest BCUT2D eigenvalue weighted by atomic mass is 10.0. The number of aromatic nitrogens is 4. The van der Waals surface area contributed by atoms with Crippen LogP contribution in [0.2, 0.25) is 0 Å². The van der Waals surface area contributed by atoms with Gasteiger partial charge in [0.1, 0.15) is 11.4 Å². The third-order valence-corrected chi connectivity index (χ3v) is 5.88.